The minimum Gasteiger partial charge on any atom is -0.493 e. The average molecular weight is 364 g/mol. The first-order chi connectivity index (χ1) is 12.8. The molecule has 0 radical (unpaired) electrons. The minimum atomic E-state index is -0.473. The molecule has 0 aliphatic rings. The Labute approximate surface area is 160 Å². The predicted molar refractivity (Wildman–Crippen MR) is 107 cm³/mol. The topological polar surface area (TPSA) is 71.3 Å². The summed E-state index contributed by atoms with van der Waals surface area (Å²) in [7, 11) is 1.55. The Morgan fingerprint density at radius 1 is 1.19 bits per heavy atom. The Hall–Kier alpha value is -3.26. The van der Waals surface area contributed by atoms with Crippen LogP contribution in [0.1, 0.15) is 30.5 Å². The number of hydrogen-bond donors (Lipinski definition) is 1. The predicted octanol–water partition coefficient (Wildman–Crippen LogP) is 4.64. The van der Waals surface area contributed by atoms with Crippen LogP contribution in [0, 0.1) is 25.2 Å². The van der Waals surface area contributed by atoms with Gasteiger partial charge in [-0.3, -0.25) is 4.79 Å². The number of nitrogens with zero attached hydrogens (tertiary/aromatic N) is 1. The summed E-state index contributed by atoms with van der Waals surface area (Å²) < 4.78 is 11.2. The lowest BCUT2D eigenvalue weighted by Gasteiger charge is -2.16. The molecule has 2 aromatic rings. The summed E-state index contributed by atoms with van der Waals surface area (Å²) in [5, 5.41) is 12.3. The zero-order valence-corrected chi connectivity index (χ0v) is 16.3. The van der Waals surface area contributed by atoms with Crippen molar-refractivity contribution in [3.8, 4) is 17.6 Å². The van der Waals surface area contributed by atoms with E-state index in [9.17, 15) is 10.1 Å². The number of nitrogens with one attached hydrogen (secondary N) is 1. The van der Waals surface area contributed by atoms with Crippen molar-refractivity contribution in [1.82, 2.24) is 0 Å². The lowest BCUT2D eigenvalue weighted by molar-refractivity contribution is -0.112. The van der Waals surface area contributed by atoms with Crippen molar-refractivity contribution >= 4 is 17.7 Å². The first-order valence-corrected chi connectivity index (χ1v) is 8.69. The van der Waals surface area contributed by atoms with Crippen molar-refractivity contribution in [2.45, 2.75) is 33.8 Å². The van der Waals surface area contributed by atoms with E-state index in [1.54, 1.807) is 25.3 Å². The maximum absolute atomic E-state index is 12.6. The van der Waals surface area contributed by atoms with Crippen molar-refractivity contribution in [3.05, 3.63) is 58.7 Å². The Balaban J connectivity index is 2.36. The van der Waals surface area contributed by atoms with Crippen molar-refractivity contribution < 1.29 is 14.3 Å². The van der Waals surface area contributed by atoms with Gasteiger partial charge in [0, 0.05) is 11.3 Å². The lowest BCUT2D eigenvalue weighted by Crippen LogP contribution is -2.14. The fourth-order valence-electron chi connectivity index (χ4n) is 2.49. The third-order valence-electron chi connectivity index (χ3n) is 4.01. The Bertz CT molecular complexity index is 908. The molecule has 0 aromatic heterocycles. The third-order valence-corrected chi connectivity index (χ3v) is 4.01. The van der Waals surface area contributed by atoms with Gasteiger partial charge in [-0.25, -0.2) is 0 Å². The molecule has 0 bridgehead atoms. The van der Waals surface area contributed by atoms with Gasteiger partial charge in [-0.05, 0) is 63.1 Å². The molecule has 140 valence electrons. The van der Waals surface area contributed by atoms with Gasteiger partial charge in [0.2, 0.25) is 0 Å². The molecule has 2 rings (SSSR count). The van der Waals surface area contributed by atoms with Crippen LogP contribution in [-0.4, -0.2) is 19.1 Å². The van der Waals surface area contributed by atoms with Gasteiger partial charge in [-0.1, -0.05) is 18.2 Å². The molecule has 0 unspecified atom stereocenters. The number of hydrogen-bond acceptors (Lipinski definition) is 4. The van der Waals surface area contributed by atoms with E-state index in [0.717, 1.165) is 11.1 Å². The maximum atomic E-state index is 12.6. The van der Waals surface area contributed by atoms with Gasteiger partial charge in [-0.2, -0.15) is 5.26 Å². The second-order valence-electron chi connectivity index (χ2n) is 6.47. The van der Waals surface area contributed by atoms with Crippen LogP contribution in [0.25, 0.3) is 6.08 Å². The molecule has 1 amide bonds. The molecular formula is C22H24N2O3. The van der Waals surface area contributed by atoms with E-state index in [1.807, 2.05) is 52.0 Å². The van der Waals surface area contributed by atoms with E-state index in [-0.39, 0.29) is 11.7 Å². The van der Waals surface area contributed by atoms with Crippen LogP contribution >= 0.6 is 0 Å². The smallest absolute Gasteiger partial charge is 0.266 e. The molecule has 5 heteroatoms. The summed E-state index contributed by atoms with van der Waals surface area (Å²) in [6.07, 6.45) is 1.43. The van der Waals surface area contributed by atoms with Crippen LogP contribution in [0.4, 0.5) is 5.69 Å². The summed E-state index contributed by atoms with van der Waals surface area (Å²) in [4.78, 5) is 12.6. The van der Waals surface area contributed by atoms with Crippen molar-refractivity contribution in [3.63, 3.8) is 0 Å². The zero-order valence-electron chi connectivity index (χ0n) is 16.3. The summed E-state index contributed by atoms with van der Waals surface area (Å²) in [5.74, 6) is 0.574. The highest BCUT2D eigenvalue weighted by atomic mass is 16.5. The van der Waals surface area contributed by atoms with Crippen molar-refractivity contribution in [2.75, 3.05) is 12.4 Å². The number of aryl methyl sites for hydroxylation is 2. The molecule has 0 saturated heterocycles. The van der Waals surface area contributed by atoms with Crippen LogP contribution in [0.2, 0.25) is 0 Å². The number of carbonyl (C=O) groups is 1. The second-order valence-corrected chi connectivity index (χ2v) is 6.47. The van der Waals surface area contributed by atoms with Gasteiger partial charge < -0.3 is 14.8 Å². The number of rotatable bonds is 6. The first-order valence-electron chi connectivity index (χ1n) is 8.69. The summed E-state index contributed by atoms with van der Waals surface area (Å²) in [5.41, 5.74) is 3.44. The number of nitriles is 1. The van der Waals surface area contributed by atoms with Gasteiger partial charge >= 0.3 is 0 Å². The second kappa shape index (κ2) is 8.91. The molecule has 1 N–H and O–H groups in total. The Morgan fingerprint density at radius 3 is 2.52 bits per heavy atom. The third kappa shape index (κ3) is 5.11. The molecule has 27 heavy (non-hydrogen) atoms. The van der Waals surface area contributed by atoms with Gasteiger partial charge in [0.15, 0.2) is 11.5 Å². The number of carbonyl (C=O) groups excluding carboxylic acids is 1. The van der Waals surface area contributed by atoms with Gasteiger partial charge in [0.05, 0.1) is 13.2 Å². The number of benzene rings is 2. The lowest BCUT2D eigenvalue weighted by atomic mass is 10.1. The Kier molecular flexibility index (Phi) is 6.62. The molecular weight excluding hydrogens is 340 g/mol. The van der Waals surface area contributed by atoms with Crippen LogP contribution in [0.5, 0.6) is 11.5 Å². The molecule has 0 aliphatic carbocycles. The largest absolute Gasteiger partial charge is 0.493 e. The van der Waals surface area contributed by atoms with Crippen molar-refractivity contribution in [1.29, 1.82) is 5.26 Å². The first kappa shape index (κ1) is 20.1. The van der Waals surface area contributed by atoms with E-state index in [2.05, 4.69) is 5.32 Å². The molecule has 0 aliphatic heterocycles. The summed E-state index contributed by atoms with van der Waals surface area (Å²) in [6, 6.07) is 12.9. The highest BCUT2D eigenvalue weighted by molar-refractivity contribution is 6.09. The molecule has 0 spiro atoms. The highest BCUT2D eigenvalue weighted by Crippen LogP contribution is 2.33. The summed E-state index contributed by atoms with van der Waals surface area (Å²) in [6.45, 7) is 7.77. The van der Waals surface area contributed by atoms with Gasteiger partial charge in [0.25, 0.3) is 5.91 Å². The van der Waals surface area contributed by atoms with Gasteiger partial charge in [0.1, 0.15) is 11.6 Å². The normalized spacial score (nSPS) is 11.1. The summed E-state index contributed by atoms with van der Waals surface area (Å²) >= 11 is 0. The fourth-order valence-corrected chi connectivity index (χ4v) is 2.49. The number of para-hydroxylation sites is 1. The number of amides is 1. The quantitative estimate of drug-likeness (QED) is 0.598. The van der Waals surface area contributed by atoms with Crippen LogP contribution in [0.3, 0.4) is 0 Å². The number of methoxy groups -OCH3 is 1. The fraction of sp³-hybridized carbons (Fsp3) is 0.273. The van der Waals surface area contributed by atoms with Crippen LogP contribution in [0.15, 0.2) is 42.0 Å². The SMILES string of the molecule is COc1cccc(/C=C(\C#N)C(=O)Nc2ccc(C)c(C)c2)c1OC(C)C. The van der Waals surface area contributed by atoms with E-state index in [4.69, 9.17) is 9.47 Å². The van der Waals surface area contributed by atoms with E-state index < -0.39 is 5.91 Å². The van der Waals surface area contributed by atoms with Crippen molar-refractivity contribution in [2.24, 2.45) is 0 Å². The molecule has 0 fully saturated rings. The molecule has 2 aromatic carbocycles. The van der Waals surface area contributed by atoms with E-state index >= 15 is 0 Å². The van der Waals surface area contributed by atoms with Crippen LogP contribution < -0.4 is 14.8 Å². The Morgan fingerprint density at radius 2 is 1.93 bits per heavy atom. The number of ether oxygens (including phenoxy) is 2. The highest BCUT2D eigenvalue weighted by Gasteiger charge is 2.15. The standard InChI is InChI=1S/C22H24N2O3/c1-14(2)27-21-17(7-6-8-20(21)26-5)12-18(13-23)22(25)24-19-10-9-15(3)16(4)11-19/h6-12,14H,1-5H3,(H,24,25)/b18-12+. The molecule has 0 heterocycles. The monoisotopic (exact) mass is 364 g/mol. The zero-order chi connectivity index (χ0) is 20.0. The minimum absolute atomic E-state index is 0.0184. The average Bonchev–Trinajstić information content (AvgIpc) is 2.63. The van der Waals surface area contributed by atoms with E-state index in [1.165, 1.54) is 6.08 Å². The van der Waals surface area contributed by atoms with Gasteiger partial charge in [-0.15, -0.1) is 0 Å². The molecule has 0 atom stereocenters. The molecule has 5 nitrogen and oxygen atoms in total. The van der Waals surface area contributed by atoms with E-state index in [0.29, 0.717) is 22.7 Å². The molecule has 0 saturated carbocycles. The van der Waals surface area contributed by atoms with Crippen LogP contribution in [-0.2, 0) is 4.79 Å². The number of anilines is 1. The maximum Gasteiger partial charge on any atom is 0.266 e.